The number of rotatable bonds is 11. The van der Waals surface area contributed by atoms with Crippen LogP contribution in [0.15, 0.2) is 61.2 Å². The van der Waals surface area contributed by atoms with E-state index in [2.05, 4.69) is 55.1 Å². The molecule has 6 rings (SSSR count). The maximum atomic E-state index is 12.2. The molecule has 4 aromatic rings. The number of nitrogens with one attached hydrogen (secondary N) is 1. The van der Waals surface area contributed by atoms with Gasteiger partial charge in [0.2, 0.25) is 0 Å². The largest absolute Gasteiger partial charge is 0.490 e. The molecule has 2 atom stereocenters. The van der Waals surface area contributed by atoms with Crippen molar-refractivity contribution in [3.63, 3.8) is 0 Å². The zero-order valence-corrected chi connectivity index (χ0v) is 32.6. The molecule has 0 spiro atoms. The number of alkyl carbamates (subject to hydrolysis) is 1. The maximum absolute atomic E-state index is 12.2. The fourth-order valence-corrected chi connectivity index (χ4v) is 6.39. The van der Waals surface area contributed by atoms with Gasteiger partial charge in [-0.15, -0.1) is 0 Å². The predicted molar refractivity (Wildman–Crippen MR) is 208 cm³/mol. The van der Waals surface area contributed by atoms with Gasteiger partial charge in [0.25, 0.3) is 0 Å². The van der Waals surface area contributed by atoms with Gasteiger partial charge < -0.3 is 34.7 Å². The Hall–Kier alpha value is -5.85. The third-order valence-corrected chi connectivity index (χ3v) is 8.70. The van der Waals surface area contributed by atoms with E-state index in [0.29, 0.717) is 66.5 Å². The quantitative estimate of drug-likeness (QED) is 0.152. The van der Waals surface area contributed by atoms with E-state index in [9.17, 15) is 15.3 Å². The van der Waals surface area contributed by atoms with Crippen LogP contribution in [0.4, 0.5) is 4.79 Å². The van der Waals surface area contributed by atoms with E-state index in [1.165, 1.54) is 0 Å². The zero-order chi connectivity index (χ0) is 39.7. The molecule has 12 nitrogen and oxygen atoms in total. The number of nitrogens with two attached hydrogens (primary N) is 1. The number of amides is 1. The first-order chi connectivity index (χ1) is 26.2. The molecule has 2 aromatic heterocycles. The van der Waals surface area contributed by atoms with Crippen molar-refractivity contribution in [3.05, 3.63) is 83.4 Å². The highest BCUT2D eigenvalue weighted by Gasteiger charge is 2.24. The van der Waals surface area contributed by atoms with Gasteiger partial charge in [-0.05, 0) is 80.8 Å². The second kappa shape index (κ2) is 18.0. The lowest BCUT2D eigenvalue weighted by molar-refractivity contribution is 0.0480. The summed E-state index contributed by atoms with van der Waals surface area (Å²) in [5.74, 6) is 3.19. The highest BCUT2D eigenvalue weighted by Crippen LogP contribution is 2.42. The number of ether oxygens (including phenoxy) is 5. The third kappa shape index (κ3) is 10.9. The summed E-state index contributed by atoms with van der Waals surface area (Å²) in [5, 5.41) is 22.0. The second-order valence-corrected chi connectivity index (χ2v) is 15.5. The van der Waals surface area contributed by atoms with Crippen molar-refractivity contribution in [1.29, 1.82) is 10.5 Å². The van der Waals surface area contributed by atoms with Crippen LogP contribution in [0.3, 0.4) is 0 Å². The third-order valence-electron chi connectivity index (χ3n) is 8.70. The molecule has 0 aliphatic carbocycles. The first-order valence-electron chi connectivity index (χ1n) is 18.5. The number of nitriles is 2. The number of aromatic nitrogens is 2. The molecule has 55 heavy (non-hydrogen) atoms. The van der Waals surface area contributed by atoms with E-state index in [1.807, 2.05) is 39.0 Å². The lowest BCUT2D eigenvalue weighted by atomic mass is 9.97. The number of nitrogens with zero attached hydrogens (tertiary/aromatic N) is 4. The minimum absolute atomic E-state index is 0.0553. The monoisotopic (exact) mass is 746 g/mol. The molecule has 0 fully saturated rings. The molecule has 2 aliphatic heterocycles. The molecular weight excluding hydrogens is 697 g/mol. The van der Waals surface area contributed by atoms with Gasteiger partial charge in [-0.2, -0.15) is 10.5 Å². The van der Waals surface area contributed by atoms with Crippen LogP contribution in [-0.4, -0.2) is 47.0 Å². The molecule has 0 radical (unpaired) electrons. The molecular formula is C43H50N6O6. The summed E-state index contributed by atoms with van der Waals surface area (Å²) in [4.78, 5) is 20.5. The Bertz CT molecular complexity index is 2060. The Morgan fingerprint density at radius 1 is 0.800 bits per heavy atom. The van der Waals surface area contributed by atoms with Crippen molar-refractivity contribution in [2.45, 2.75) is 92.2 Å². The molecule has 288 valence electrons. The van der Waals surface area contributed by atoms with Crippen LogP contribution in [0.5, 0.6) is 23.0 Å². The fourth-order valence-electron chi connectivity index (χ4n) is 6.39. The van der Waals surface area contributed by atoms with Crippen LogP contribution < -0.4 is 30.0 Å². The number of carbonyl (C=O) groups is 1. The van der Waals surface area contributed by atoms with Crippen molar-refractivity contribution >= 4 is 6.09 Å². The van der Waals surface area contributed by atoms with Crippen LogP contribution in [0.2, 0.25) is 0 Å². The highest BCUT2D eigenvalue weighted by molar-refractivity contribution is 5.78. The Labute approximate surface area is 323 Å². The van der Waals surface area contributed by atoms with Gasteiger partial charge in [0.1, 0.15) is 67.2 Å². The molecule has 1 amide bonds. The van der Waals surface area contributed by atoms with Gasteiger partial charge in [0.05, 0.1) is 17.2 Å². The van der Waals surface area contributed by atoms with Gasteiger partial charge in [0, 0.05) is 65.2 Å². The van der Waals surface area contributed by atoms with E-state index in [0.717, 1.165) is 45.6 Å². The highest BCUT2D eigenvalue weighted by atomic mass is 16.6. The number of pyridine rings is 2. The number of hydrogen-bond acceptors (Lipinski definition) is 11. The molecule has 2 aromatic carbocycles. The van der Waals surface area contributed by atoms with Crippen molar-refractivity contribution in [3.8, 4) is 57.4 Å². The van der Waals surface area contributed by atoms with Crippen LogP contribution in [0.25, 0.3) is 22.3 Å². The van der Waals surface area contributed by atoms with Crippen LogP contribution in [0.1, 0.15) is 83.6 Å². The smallest absolute Gasteiger partial charge is 0.407 e. The molecule has 3 N–H and O–H groups in total. The molecule has 4 heterocycles. The standard InChI is InChI=1S/C24H29N3O4.C19H21N3O2/c1-15(2)8-18(27-23(28)31-24(3,4)5)14-30-21-10-22-20(9-16(21)11-25)19-6-7-26-12-17(19)13-29-22;1-12(2)5-15(21)11-24-18-7-19-17(6-13(18)8-20)16-3-4-22-9-14(16)10-23-19/h6-7,9-10,12,15,18H,8,13-14H2,1-5H3,(H,27,28);3-4,6-7,9,12,15H,5,10-11,21H2,1-2H3/t18-;15-/m00/s1. The van der Waals surface area contributed by atoms with Crippen LogP contribution >= 0.6 is 0 Å². The summed E-state index contributed by atoms with van der Waals surface area (Å²) in [6, 6.07) is 15.1. The average Bonchev–Trinajstić information content (AvgIpc) is 3.14. The zero-order valence-electron chi connectivity index (χ0n) is 32.6. The lowest BCUT2D eigenvalue weighted by Gasteiger charge is -2.25. The SMILES string of the molecule is CC(C)C[C@@H](COc1cc2c(cc1C#N)-c1ccncc1CO2)NC(=O)OC(C)(C)C.CC(C)C[C@H](N)COc1cc2c(cc1C#N)-c1ccncc1CO2. The van der Waals surface area contributed by atoms with E-state index < -0.39 is 11.7 Å². The minimum atomic E-state index is -0.580. The van der Waals surface area contributed by atoms with E-state index in [4.69, 9.17) is 29.4 Å². The van der Waals surface area contributed by atoms with Gasteiger partial charge >= 0.3 is 6.09 Å². The number of benzene rings is 2. The molecule has 0 saturated carbocycles. The van der Waals surface area contributed by atoms with Gasteiger partial charge in [-0.1, -0.05) is 27.7 Å². The normalized spacial score (nSPS) is 13.4. The number of carbonyl (C=O) groups excluding carboxylic acids is 1. The molecule has 2 aliphatic rings. The predicted octanol–water partition coefficient (Wildman–Crippen LogP) is 8.10. The molecule has 0 unspecified atom stereocenters. The summed E-state index contributed by atoms with van der Waals surface area (Å²) in [5.41, 5.74) is 12.2. The maximum Gasteiger partial charge on any atom is 0.407 e. The van der Waals surface area contributed by atoms with Crippen molar-refractivity contribution in [1.82, 2.24) is 15.3 Å². The molecule has 12 heteroatoms. The summed E-state index contributed by atoms with van der Waals surface area (Å²) in [7, 11) is 0. The molecule has 0 bridgehead atoms. The summed E-state index contributed by atoms with van der Waals surface area (Å²) < 4.78 is 28.8. The summed E-state index contributed by atoms with van der Waals surface area (Å²) in [6.45, 7) is 15.3. The Balaban J connectivity index is 0.000000218. The fraction of sp³-hybridized carbons (Fsp3) is 0.419. The average molecular weight is 747 g/mol. The van der Waals surface area contributed by atoms with Crippen molar-refractivity contribution < 1.29 is 28.5 Å². The van der Waals surface area contributed by atoms with E-state index in [-0.39, 0.29) is 18.7 Å². The van der Waals surface area contributed by atoms with E-state index >= 15 is 0 Å². The molecule has 0 saturated heterocycles. The Kier molecular flexibility index (Phi) is 13.2. The Morgan fingerprint density at radius 3 is 1.75 bits per heavy atom. The van der Waals surface area contributed by atoms with Gasteiger partial charge in [-0.3, -0.25) is 9.97 Å². The second-order valence-electron chi connectivity index (χ2n) is 15.5. The van der Waals surface area contributed by atoms with Gasteiger partial charge in [0.15, 0.2) is 0 Å². The topological polar surface area (TPSA) is 175 Å². The number of hydrogen-bond donors (Lipinski definition) is 2. The van der Waals surface area contributed by atoms with E-state index in [1.54, 1.807) is 43.0 Å². The minimum Gasteiger partial charge on any atom is -0.490 e. The van der Waals surface area contributed by atoms with Crippen molar-refractivity contribution in [2.75, 3.05) is 13.2 Å². The van der Waals surface area contributed by atoms with Crippen LogP contribution in [0, 0.1) is 34.5 Å². The number of fused-ring (bicyclic) bond motifs is 6. The first kappa shape index (κ1) is 40.3. The van der Waals surface area contributed by atoms with Crippen LogP contribution in [-0.2, 0) is 18.0 Å². The summed E-state index contributed by atoms with van der Waals surface area (Å²) >= 11 is 0. The first-order valence-corrected chi connectivity index (χ1v) is 18.5. The Morgan fingerprint density at radius 2 is 1.29 bits per heavy atom. The van der Waals surface area contributed by atoms with Crippen molar-refractivity contribution in [2.24, 2.45) is 17.6 Å². The van der Waals surface area contributed by atoms with Gasteiger partial charge in [-0.25, -0.2) is 4.79 Å². The summed E-state index contributed by atoms with van der Waals surface area (Å²) in [6.07, 6.45) is 8.14. The lowest BCUT2D eigenvalue weighted by Crippen LogP contribution is -2.42.